The molecule has 0 bridgehead atoms. The zero-order valence-electron chi connectivity index (χ0n) is 10.3. The molecular formula is C11H19N3O3. The van der Waals surface area contributed by atoms with E-state index in [9.17, 15) is 4.79 Å². The van der Waals surface area contributed by atoms with Crippen LogP contribution in [0.1, 0.15) is 5.82 Å². The van der Waals surface area contributed by atoms with Gasteiger partial charge in [-0.05, 0) is 0 Å². The van der Waals surface area contributed by atoms with Gasteiger partial charge in [-0.2, -0.15) is 0 Å². The lowest BCUT2D eigenvalue weighted by Gasteiger charge is -2.06. The molecule has 17 heavy (non-hydrogen) atoms. The van der Waals surface area contributed by atoms with Crippen molar-refractivity contribution in [2.45, 2.75) is 6.42 Å². The lowest BCUT2D eigenvalue weighted by atomic mass is 10.4. The SMILES string of the molecule is COCCOCC(=O)NCCc1nccn1C. The fraction of sp³-hybridized carbons (Fsp3) is 0.636. The molecule has 0 aromatic carbocycles. The fourth-order valence-corrected chi connectivity index (χ4v) is 1.31. The molecule has 0 spiro atoms. The van der Waals surface area contributed by atoms with Crippen molar-refractivity contribution in [1.82, 2.24) is 14.9 Å². The number of rotatable bonds is 8. The lowest BCUT2D eigenvalue weighted by molar-refractivity contribution is -0.126. The van der Waals surface area contributed by atoms with Crippen molar-refractivity contribution in [2.75, 3.05) is 33.5 Å². The minimum Gasteiger partial charge on any atom is -0.382 e. The quantitative estimate of drug-likeness (QED) is 0.637. The maximum Gasteiger partial charge on any atom is 0.246 e. The number of aryl methyl sites for hydroxylation is 1. The van der Waals surface area contributed by atoms with Crippen LogP contribution in [-0.4, -0.2) is 48.9 Å². The molecule has 1 N–H and O–H groups in total. The highest BCUT2D eigenvalue weighted by molar-refractivity contribution is 5.77. The Labute approximate surface area is 101 Å². The third kappa shape index (κ3) is 5.46. The molecule has 0 fully saturated rings. The number of methoxy groups -OCH3 is 1. The van der Waals surface area contributed by atoms with Crippen LogP contribution >= 0.6 is 0 Å². The van der Waals surface area contributed by atoms with Crippen LogP contribution in [0.4, 0.5) is 0 Å². The van der Waals surface area contributed by atoms with Gasteiger partial charge in [-0.3, -0.25) is 4.79 Å². The first-order valence-electron chi connectivity index (χ1n) is 5.53. The molecule has 96 valence electrons. The fourth-order valence-electron chi connectivity index (χ4n) is 1.31. The molecule has 1 aromatic heterocycles. The van der Waals surface area contributed by atoms with Crippen LogP contribution < -0.4 is 5.32 Å². The average molecular weight is 241 g/mol. The monoisotopic (exact) mass is 241 g/mol. The maximum atomic E-state index is 11.3. The number of amides is 1. The topological polar surface area (TPSA) is 65.4 Å². The van der Waals surface area contributed by atoms with E-state index in [0.29, 0.717) is 26.2 Å². The molecule has 0 saturated heterocycles. The summed E-state index contributed by atoms with van der Waals surface area (Å²) in [5.41, 5.74) is 0. The largest absolute Gasteiger partial charge is 0.382 e. The molecule has 1 aromatic rings. The van der Waals surface area contributed by atoms with Crippen LogP contribution in [0.25, 0.3) is 0 Å². The summed E-state index contributed by atoms with van der Waals surface area (Å²) < 4.78 is 11.8. The van der Waals surface area contributed by atoms with E-state index in [-0.39, 0.29) is 12.5 Å². The summed E-state index contributed by atoms with van der Waals surface area (Å²) in [6.45, 7) is 1.57. The van der Waals surface area contributed by atoms with E-state index in [0.717, 1.165) is 5.82 Å². The zero-order valence-corrected chi connectivity index (χ0v) is 10.3. The first kappa shape index (κ1) is 13.7. The van der Waals surface area contributed by atoms with Crippen molar-refractivity contribution in [2.24, 2.45) is 7.05 Å². The average Bonchev–Trinajstić information content (AvgIpc) is 2.71. The van der Waals surface area contributed by atoms with Crippen LogP contribution in [0.15, 0.2) is 12.4 Å². The predicted molar refractivity (Wildman–Crippen MR) is 62.6 cm³/mol. The predicted octanol–water partition coefficient (Wildman–Crippen LogP) is -0.258. The second-order valence-corrected chi connectivity index (χ2v) is 3.60. The standard InChI is InChI=1S/C11H19N3O3/c1-14-6-5-12-10(14)3-4-13-11(15)9-17-8-7-16-2/h5-6H,3-4,7-9H2,1-2H3,(H,13,15). The Morgan fingerprint density at radius 1 is 1.53 bits per heavy atom. The zero-order chi connectivity index (χ0) is 12.5. The summed E-state index contributed by atoms with van der Waals surface area (Å²) in [6, 6.07) is 0. The number of hydrogen-bond donors (Lipinski definition) is 1. The van der Waals surface area contributed by atoms with E-state index in [1.165, 1.54) is 0 Å². The van der Waals surface area contributed by atoms with Crippen LogP contribution in [-0.2, 0) is 27.7 Å². The van der Waals surface area contributed by atoms with Crippen molar-refractivity contribution in [3.63, 3.8) is 0 Å². The van der Waals surface area contributed by atoms with E-state index in [1.807, 2.05) is 17.8 Å². The number of carbonyl (C=O) groups is 1. The van der Waals surface area contributed by atoms with Crippen LogP contribution in [0.5, 0.6) is 0 Å². The summed E-state index contributed by atoms with van der Waals surface area (Å²) >= 11 is 0. The number of nitrogens with one attached hydrogen (secondary N) is 1. The highest BCUT2D eigenvalue weighted by Crippen LogP contribution is 1.93. The summed E-state index contributed by atoms with van der Waals surface area (Å²) in [5.74, 6) is 0.834. The van der Waals surface area contributed by atoms with Gasteiger partial charge in [0.05, 0.1) is 13.2 Å². The number of imidazole rings is 1. The van der Waals surface area contributed by atoms with E-state index in [1.54, 1.807) is 13.3 Å². The van der Waals surface area contributed by atoms with Gasteiger partial charge in [-0.25, -0.2) is 4.98 Å². The second-order valence-electron chi connectivity index (χ2n) is 3.60. The molecule has 0 aliphatic heterocycles. The van der Waals surface area contributed by atoms with Crippen molar-refractivity contribution in [3.05, 3.63) is 18.2 Å². The normalized spacial score (nSPS) is 10.5. The van der Waals surface area contributed by atoms with Crippen molar-refractivity contribution in [1.29, 1.82) is 0 Å². The summed E-state index contributed by atoms with van der Waals surface area (Å²) in [4.78, 5) is 15.5. The smallest absolute Gasteiger partial charge is 0.246 e. The lowest BCUT2D eigenvalue weighted by Crippen LogP contribution is -2.30. The van der Waals surface area contributed by atoms with Crippen LogP contribution in [0, 0.1) is 0 Å². The highest BCUT2D eigenvalue weighted by Gasteiger charge is 2.02. The molecule has 0 aliphatic carbocycles. The van der Waals surface area contributed by atoms with Gasteiger partial charge >= 0.3 is 0 Å². The van der Waals surface area contributed by atoms with Gasteiger partial charge in [-0.15, -0.1) is 0 Å². The molecule has 6 nitrogen and oxygen atoms in total. The number of nitrogens with zero attached hydrogens (tertiary/aromatic N) is 2. The van der Waals surface area contributed by atoms with Gasteiger partial charge in [-0.1, -0.05) is 0 Å². The minimum absolute atomic E-state index is 0.0733. The number of hydrogen-bond acceptors (Lipinski definition) is 4. The molecule has 0 atom stereocenters. The van der Waals surface area contributed by atoms with Gasteiger partial charge in [0.25, 0.3) is 0 Å². The Bertz CT molecular complexity index is 338. The van der Waals surface area contributed by atoms with E-state index >= 15 is 0 Å². The van der Waals surface area contributed by atoms with Crippen LogP contribution in [0.2, 0.25) is 0 Å². The van der Waals surface area contributed by atoms with E-state index in [4.69, 9.17) is 9.47 Å². The number of ether oxygens (including phenoxy) is 2. The van der Waals surface area contributed by atoms with E-state index < -0.39 is 0 Å². The molecule has 0 saturated carbocycles. The van der Waals surface area contributed by atoms with Crippen molar-refractivity contribution in [3.8, 4) is 0 Å². The number of carbonyl (C=O) groups excluding carboxylic acids is 1. The van der Waals surface area contributed by atoms with Gasteiger partial charge < -0.3 is 19.4 Å². The molecule has 1 amide bonds. The second kappa shape index (κ2) is 7.81. The summed E-state index contributed by atoms with van der Waals surface area (Å²) in [6.07, 6.45) is 4.34. The van der Waals surface area contributed by atoms with Gasteiger partial charge in [0.1, 0.15) is 12.4 Å². The molecule has 0 unspecified atom stereocenters. The van der Waals surface area contributed by atoms with Crippen molar-refractivity contribution >= 4 is 5.91 Å². The van der Waals surface area contributed by atoms with Gasteiger partial charge in [0.15, 0.2) is 0 Å². The molecule has 6 heteroatoms. The van der Waals surface area contributed by atoms with Gasteiger partial charge in [0, 0.05) is 39.5 Å². The van der Waals surface area contributed by atoms with E-state index in [2.05, 4.69) is 10.3 Å². The Morgan fingerprint density at radius 2 is 2.35 bits per heavy atom. The Kier molecular flexibility index (Phi) is 6.27. The first-order chi connectivity index (χ1) is 8.24. The summed E-state index contributed by atoms with van der Waals surface area (Å²) in [7, 11) is 3.52. The Hall–Kier alpha value is -1.40. The summed E-state index contributed by atoms with van der Waals surface area (Å²) in [5, 5.41) is 2.77. The molecule has 1 heterocycles. The Balaban J connectivity index is 2.06. The third-order valence-corrected chi connectivity index (χ3v) is 2.26. The number of aromatic nitrogens is 2. The maximum absolute atomic E-state index is 11.3. The first-order valence-corrected chi connectivity index (χ1v) is 5.53. The highest BCUT2D eigenvalue weighted by atomic mass is 16.5. The van der Waals surface area contributed by atoms with Gasteiger partial charge in [0.2, 0.25) is 5.91 Å². The molecular weight excluding hydrogens is 222 g/mol. The minimum atomic E-state index is -0.115. The van der Waals surface area contributed by atoms with Crippen molar-refractivity contribution < 1.29 is 14.3 Å². The molecule has 0 aliphatic rings. The Morgan fingerprint density at radius 3 is 3.00 bits per heavy atom. The third-order valence-electron chi connectivity index (χ3n) is 2.26. The molecule has 1 rings (SSSR count). The van der Waals surface area contributed by atoms with Crippen LogP contribution in [0.3, 0.4) is 0 Å². The molecule has 0 radical (unpaired) electrons.